The Morgan fingerprint density at radius 1 is 0.930 bits per heavy atom. The number of nitrogens with zero attached hydrogens (tertiary/aromatic N) is 7. The third kappa shape index (κ3) is 8.51. The van der Waals surface area contributed by atoms with E-state index in [1.165, 1.54) is 17.2 Å². The zero-order chi connectivity index (χ0) is 40.1. The first kappa shape index (κ1) is 41.0. The molecule has 4 aromatic heterocycles. The fourth-order valence-electron chi connectivity index (χ4n) is 7.35. The largest absolute Gasteiger partial charge is 0.387 e. The molecule has 2 unspecified atom stereocenters. The summed E-state index contributed by atoms with van der Waals surface area (Å²) in [7, 11) is 0. The maximum absolute atomic E-state index is 11.7. The minimum atomic E-state index is -4.24. The standard InChI is InChI=1S/C31H42N10O12P2S2/c32-9-16(42)5-7-47-8-6-34-31-38-26(33)21-28(39-31)41(14-37-21)30-25-22(43)18(50-30)11-48-54(45,56)52-24-19(12-49-55(46,57)53-25)51-29(23(24)44)40-10-15-3-1-2-4-17-20(15)27(40)36-13-35-17/h10,13-14,18-19,22-25,29-30,43-44H,1-9,11-12,32H2,(H,45,56)(H,46,57)(H3,33,34,38,39)/t18-,19-,22-,23-,24-,25-,29-,30-,54?,55?/m1/s1. The van der Waals surface area contributed by atoms with E-state index >= 15 is 0 Å². The lowest BCUT2D eigenvalue weighted by atomic mass is 10.1. The normalized spacial score (nSPS) is 33.4. The summed E-state index contributed by atoms with van der Waals surface area (Å²) in [4.78, 5) is 56.2. The molecule has 3 aliphatic heterocycles. The van der Waals surface area contributed by atoms with Crippen LogP contribution < -0.4 is 16.8 Å². The van der Waals surface area contributed by atoms with Gasteiger partial charge in [0, 0.05) is 24.5 Å². The number of aryl methyl sites for hydroxylation is 2. The van der Waals surface area contributed by atoms with Crippen LogP contribution in [-0.2, 0) is 73.6 Å². The topological polar surface area (TPSA) is 301 Å². The summed E-state index contributed by atoms with van der Waals surface area (Å²) in [5.74, 6) is 0.0198. The zero-order valence-corrected chi connectivity index (χ0v) is 33.6. The molecule has 0 aromatic carbocycles. The van der Waals surface area contributed by atoms with Crippen LogP contribution in [0, 0.1) is 0 Å². The van der Waals surface area contributed by atoms with Crippen LogP contribution in [0.2, 0.25) is 0 Å². The molecular formula is C31H42N10O12P2S2. The van der Waals surface area contributed by atoms with Crippen molar-refractivity contribution in [1.29, 1.82) is 0 Å². The smallest absolute Gasteiger partial charge is 0.325 e. The molecule has 22 nitrogen and oxygen atoms in total. The first-order chi connectivity index (χ1) is 27.3. The maximum Gasteiger partial charge on any atom is 0.325 e. The van der Waals surface area contributed by atoms with Gasteiger partial charge in [-0.05, 0) is 54.9 Å². The number of hydrogen-bond acceptors (Lipinski definition) is 20. The third-order valence-electron chi connectivity index (χ3n) is 10.1. The number of nitrogens with one attached hydrogen (secondary N) is 1. The molecule has 26 heteroatoms. The van der Waals surface area contributed by atoms with Gasteiger partial charge < -0.3 is 64.6 Å². The lowest BCUT2D eigenvalue weighted by Crippen LogP contribution is -2.36. The molecule has 0 radical (unpaired) electrons. The van der Waals surface area contributed by atoms with Crippen molar-refractivity contribution in [3.05, 3.63) is 30.1 Å². The van der Waals surface area contributed by atoms with Crippen LogP contribution in [0.1, 0.15) is 43.0 Å². The highest BCUT2D eigenvalue weighted by Crippen LogP contribution is 2.54. The summed E-state index contributed by atoms with van der Waals surface area (Å²) in [6.45, 7) is -8.76. The van der Waals surface area contributed by atoms with E-state index in [2.05, 4.69) is 30.2 Å². The van der Waals surface area contributed by atoms with Crippen molar-refractivity contribution in [3.63, 3.8) is 0 Å². The number of ketones is 1. The Kier molecular flexibility index (Phi) is 12.0. The zero-order valence-electron chi connectivity index (χ0n) is 30.2. The number of anilines is 2. The van der Waals surface area contributed by atoms with E-state index < -0.39 is 75.7 Å². The number of rotatable bonds is 10. The van der Waals surface area contributed by atoms with Gasteiger partial charge in [0.05, 0.1) is 45.0 Å². The fraction of sp³-hybridized carbons (Fsp3) is 0.613. The van der Waals surface area contributed by atoms with Gasteiger partial charge in [-0.1, -0.05) is 0 Å². The average Bonchev–Trinajstić information content (AvgIpc) is 3.88. The van der Waals surface area contributed by atoms with E-state index in [0.717, 1.165) is 42.3 Å². The predicted molar refractivity (Wildman–Crippen MR) is 206 cm³/mol. The summed E-state index contributed by atoms with van der Waals surface area (Å²) < 4.78 is 44.4. The van der Waals surface area contributed by atoms with Crippen LogP contribution in [0.15, 0.2) is 18.9 Å². The molecule has 7 heterocycles. The summed E-state index contributed by atoms with van der Waals surface area (Å²) in [6.07, 6.45) is -1.98. The van der Waals surface area contributed by atoms with Gasteiger partial charge in [0.2, 0.25) is 5.95 Å². The van der Waals surface area contributed by atoms with Gasteiger partial charge in [0.1, 0.15) is 59.9 Å². The number of hydrogen-bond donors (Lipinski definition) is 7. The quantitative estimate of drug-likeness (QED) is 0.0805. The van der Waals surface area contributed by atoms with Crippen molar-refractivity contribution >= 4 is 76.8 Å². The van der Waals surface area contributed by atoms with E-state index in [4.69, 9.17) is 67.4 Å². The average molecular weight is 873 g/mol. The number of ether oxygens (including phenoxy) is 3. The molecule has 10 atom stereocenters. The number of aliphatic hydroxyl groups excluding tert-OH is 2. The second kappa shape index (κ2) is 16.7. The SMILES string of the molecule is NCC(=O)CCOCCNc1nc(N)c2ncn([C@@H]3O[C@@H]4COP(O)(=S)O[C@H]5[C@@H](O)[C@H](n6cc7c8c(ncnc86)CCCC7)O[C@@H]5COP(O)(=S)O[C@@H]3[C@@H]4O)c2n1. The molecule has 3 fully saturated rings. The van der Waals surface area contributed by atoms with E-state index in [-0.39, 0.29) is 61.4 Å². The van der Waals surface area contributed by atoms with Gasteiger partial charge in [-0.2, -0.15) is 9.97 Å². The van der Waals surface area contributed by atoms with Gasteiger partial charge in [-0.25, -0.2) is 15.0 Å². The highest BCUT2D eigenvalue weighted by Gasteiger charge is 2.52. The van der Waals surface area contributed by atoms with Gasteiger partial charge in [0.25, 0.3) is 0 Å². The first-order valence-electron chi connectivity index (χ1n) is 18.2. The van der Waals surface area contributed by atoms with Crippen LogP contribution in [0.25, 0.3) is 22.2 Å². The third-order valence-corrected chi connectivity index (χ3v) is 13.2. The highest BCUT2D eigenvalue weighted by atomic mass is 32.5. The van der Waals surface area contributed by atoms with Crippen molar-refractivity contribution in [3.8, 4) is 0 Å². The van der Waals surface area contributed by atoms with Gasteiger partial charge in [-0.15, -0.1) is 0 Å². The molecule has 9 N–H and O–H groups in total. The molecule has 4 aromatic rings. The molecular weight excluding hydrogens is 830 g/mol. The molecule has 57 heavy (non-hydrogen) atoms. The fourth-order valence-corrected chi connectivity index (χ4v) is 10.2. The Labute approximate surface area is 334 Å². The molecule has 1 aliphatic carbocycles. The summed E-state index contributed by atoms with van der Waals surface area (Å²) in [5, 5.41) is 27.0. The summed E-state index contributed by atoms with van der Waals surface area (Å²) in [6, 6.07) is 0. The van der Waals surface area contributed by atoms with E-state index in [1.54, 1.807) is 4.57 Å². The van der Waals surface area contributed by atoms with Crippen LogP contribution in [0.3, 0.4) is 0 Å². The number of aliphatic hydroxyl groups is 2. The molecule has 310 valence electrons. The Balaban J connectivity index is 1.03. The van der Waals surface area contributed by atoms with Crippen molar-refractivity contribution in [2.75, 3.05) is 50.6 Å². The minimum Gasteiger partial charge on any atom is -0.387 e. The van der Waals surface area contributed by atoms with Crippen molar-refractivity contribution in [2.24, 2.45) is 5.73 Å². The second-order valence-electron chi connectivity index (χ2n) is 13.9. The second-order valence-corrected chi connectivity index (χ2v) is 19.4. The lowest BCUT2D eigenvalue weighted by Gasteiger charge is -2.28. The van der Waals surface area contributed by atoms with Crippen LogP contribution >= 0.6 is 13.4 Å². The number of nitrogen functional groups attached to an aromatic ring is 1. The lowest BCUT2D eigenvalue weighted by molar-refractivity contribution is -0.118. The van der Waals surface area contributed by atoms with Crippen LogP contribution in [0.5, 0.6) is 0 Å². The van der Waals surface area contributed by atoms with E-state index in [9.17, 15) is 24.8 Å². The Bertz CT molecular complexity index is 2240. The van der Waals surface area contributed by atoms with E-state index in [0.29, 0.717) is 5.65 Å². The molecule has 3 saturated heterocycles. The number of Topliss-reactive ketones (excluding diaryl/α,β-unsaturated/α-hetero) is 1. The number of carbonyl (C=O) groups excluding carboxylic acids is 1. The van der Waals surface area contributed by atoms with Crippen LogP contribution in [-0.4, -0.2) is 136 Å². The summed E-state index contributed by atoms with van der Waals surface area (Å²) >= 11 is 10.8. The molecule has 8 rings (SSSR count). The Hall–Kier alpha value is -2.74. The highest BCUT2D eigenvalue weighted by molar-refractivity contribution is 8.07. The Morgan fingerprint density at radius 2 is 1.67 bits per heavy atom. The molecule has 2 bridgehead atoms. The number of fused-ring (bicyclic) bond motifs is 4. The number of aromatic nitrogens is 7. The molecule has 0 saturated carbocycles. The van der Waals surface area contributed by atoms with Gasteiger partial charge in [-0.3, -0.25) is 18.4 Å². The first-order valence-corrected chi connectivity index (χ1v) is 23.4. The molecule has 0 amide bonds. The minimum absolute atomic E-state index is 0.0225. The number of nitrogens with two attached hydrogens (primary N) is 2. The number of carbonyl (C=O) groups is 1. The van der Waals surface area contributed by atoms with Crippen molar-refractivity contribution in [1.82, 2.24) is 34.1 Å². The van der Waals surface area contributed by atoms with E-state index in [1.807, 2.05) is 6.20 Å². The predicted octanol–water partition coefficient (Wildman–Crippen LogP) is -0.154. The van der Waals surface area contributed by atoms with Gasteiger partial charge >= 0.3 is 13.4 Å². The summed E-state index contributed by atoms with van der Waals surface area (Å²) in [5.41, 5.74) is 14.4. The maximum atomic E-state index is 11.7. The van der Waals surface area contributed by atoms with Gasteiger partial charge in [0.15, 0.2) is 23.9 Å². The van der Waals surface area contributed by atoms with Crippen molar-refractivity contribution in [2.45, 2.75) is 81.2 Å². The molecule has 4 aliphatic rings. The van der Waals surface area contributed by atoms with Crippen LogP contribution in [0.4, 0.5) is 11.8 Å². The number of imidazole rings is 1. The molecule has 0 spiro atoms. The monoisotopic (exact) mass is 872 g/mol. The van der Waals surface area contributed by atoms with Crippen molar-refractivity contribution < 1.29 is 57.1 Å². The Morgan fingerprint density at radius 3 is 2.46 bits per heavy atom.